The minimum Gasteiger partial charge on any atom is -0.351 e. The molecule has 1 aliphatic rings. The number of fused-ring (bicyclic) bond motifs is 1. The lowest BCUT2D eigenvalue weighted by Crippen LogP contribution is -2.25. The maximum Gasteiger partial charge on any atom is 0.411 e. The summed E-state index contributed by atoms with van der Waals surface area (Å²) in [5, 5.41) is 3.49. The van der Waals surface area contributed by atoms with Gasteiger partial charge in [0.1, 0.15) is 13.3 Å². The Hall–Kier alpha value is -1.01. The van der Waals surface area contributed by atoms with E-state index in [1.165, 1.54) is 11.1 Å². The molecular weight excluding hydrogens is 269 g/mol. The van der Waals surface area contributed by atoms with Gasteiger partial charge in [0, 0.05) is 18.4 Å². The monoisotopic (exact) mass is 290 g/mol. The lowest BCUT2D eigenvalue weighted by molar-refractivity contribution is -0.181. The molecule has 0 spiro atoms. The van der Waals surface area contributed by atoms with Gasteiger partial charge in [0.15, 0.2) is 0 Å². The first-order chi connectivity index (χ1) is 9.49. The summed E-state index contributed by atoms with van der Waals surface area (Å²) in [5.74, 6) is 0. The van der Waals surface area contributed by atoms with Gasteiger partial charge in [-0.1, -0.05) is 6.92 Å². The predicted molar refractivity (Wildman–Crippen MR) is 70.4 cm³/mol. The first-order valence-corrected chi connectivity index (χ1v) is 7.06. The topological polar surface area (TPSA) is 26.2 Å². The molecule has 0 amide bonds. The van der Waals surface area contributed by atoms with Crippen LogP contribution in [0.1, 0.15) is 43.4 Å². The van der Waals surface area contributed by atoms with E-state index in [2.05, 4.69) is 12.2 Å². The van der Waals surface area contributed by atoms with Crippen molar-refractivity contribution in [2.75, 3.05) is 13.2 Å². The Balaban J connectivity index is 1.95. The minimum atomic E-state index is -4.27. The van der Waals surface area contributed by atoms with Crippen LogP contribution >= 0.6 is 0 Å². The fourth-order valence-electron chi connectivity index (χ4n) is 2.62. The van der Waals surface area contributed by atoms with Gasteiger partial charge in [0.2, 0.25) is 0 Å². The summed E-state index contributed by atoms with van der Waals surface area (Å²) in [6.07, 6.45) is 3.82. The Bertz CT molecular complexity index is 429. The second-order valence-corrected chi connectivity index (χ2v) is 5.24. The number of hydrogen-bond donors (Lipinski definition) is 1. The van der Waals surface area contributed by atoms with E-state index in [1.54, 1.807) is 4.57 Å². The molecule has 0 saturated carbocycles. The average Bonchev–Trinajstić information content (AvgIpc) is 2.78. The summed E-state index contributed by atoms with van der Waals surface area (Å²) in [6, 6.07) is 0.322. The molecule has 1 N–H and O–H groups in total. The van der Waals surface area contributed by atoms with Crippen LogP contribution in [0.5, 0.6) is 0 Å². The van der Waals surface area contributed by atoms with Crippen molar-refractivity contribution in [2.24, 2.45) is 0 Å². The van der Waals surface area contributed by atoms with E-state index in [0.29, 0.717) is 6.04 Å². The number of halogens is 3. The smallest absolute Gasteiger partial charge is 0.351 e. The van der Waals surface area contributed by atoms with Gasteiger partial charge in [0.25, 0.3) is 0 Å². The lowest BCUT2D eigenvalue weighted by Gasteiger charge is -2.23. The quantitative estimate of drug-likeness (QED) is 0.869. The van der Waals surface area contributed by atoms with Crippen LogP contribution in [-0.2, 0) is 17.9 Å². The van der Waals surface area contributed by atoms with E-state index < -0.39 is 12.8 Å². The molecule has 0 saturated heterocycles. The second-order valence-electron chi connectivity index (χ2n) is 5.24. The zero-order chi connectivity index (χ0) is 14.6. The molecule has 114 valence electrons. The summed E-state index contributed by atoms with van der Waals surface area (Å²) in [6.45, 7) is 1.83. The van der Waals surface area contributed by atoms with Gasteiger partial charge in [-0.3, -0.25) is 0 Å². The standard InChI is InChI=1S/C14H21F3N2O/c1-2-6-18-13-5-3-4-11-7-19(8-12(11)13)10-20-9-14(15,16)17/h7-8,13,18H,2-6,9-10H2,1H3. The highest BCUT2D eigenvalue weighted by atomic mass is 19.4. The summed E-state index contributed by atoms with van der Waals surface area (Å²) < 4.78 is 42.5. The summed E-state index contributed by atoms with van der Waals surface area (Å²) in [5.41, 5.74) is 2.43. The van der Waals surface area contributed by atoms with E-state index in [1.807, 2.05) is 12.4 Å². The average molecular weight is 290 g/mol. The molecule has 1 heterocycles. The Morgan fingerprint density at radius 3 is 2.90 bits per heavy atom. The van der Waals surface area contributed by atoms with Crippen LogP contribution in [0, 0.1) is 0 Å². The molecule has 2 rings (SSSR count). The second kappa shape index (κ2) is 6.63. The summed E-state index contributed by atoms with van der Waals surface area (Å²) >= 11 is 0. The van der Waals surface area contributed by atoms with Crippen molar-refractivity contribution in [1.29, 1.82) is 0 Å². The first kappa shape index (κ1) is 15.4. The number of nitrogens with one attached hydrogen (secondary N) is 1. The molecule has 6 heteroatoms. The Morgan fingerprint density at radius 2 is 2.20 bits per heavy atom. The molecule has 0 fully saturated rings. The molecule has 1 atom stereocenters. The summed E-state index contributed by atoms with van der Waals surface area (Å²) in [7, 11) is 0. The van der Waals surface area contributed by atoms with Crippen LogP contribution in [0.2, 0.25) is 0 Å². The summed E-state index contributed by atoms with van der Waals surface area (Å²) in [4.78, 5) is 0. The van der Waals surface area contributed by atoms with Gasteiger partial charge in [-0.2, -0.15) is 13.2 Å². The number of ether oxygens (including phenoxy) is 1. The molecule has 0 aromatic carbocycles. The molecule has 3 nitrogen and oxygen atoms in total. The number of alkyl halides is 3. The van der Waals surface area contributed by atoms with Crippen LogP contribution in [0.15, 0.2) is 12.4 Å². The van der Waals surface area contributed by atoms with Crippen molar-refractivity contribution in [3.8, 4) is 0 Å². The number of hydrogen-bond acceptors (Lipinski definition) is 2. The van der Waals surface area contributed by atoms with Crippen molar-refractivity contribution >= 4 is 0 Å². The molecular formula is C14H21F3N2O. The maximum absolute atomic E-state index is 12.0. The first-order valence-electron chi connectivity index (χ1n) is 7.06. The SMILES string of the molecule is CCCNC1CCCc2cn(COCC(F)(F)F)cc21. The normalized spacial score (nSPS) is 19.1. The Labute approximate surface area is 117 Å². The Kier molecular flexibility index (Phi) is 5.10. The Morgan fingerprint density at radius 1 is 1.40 bits per heavy atom. The van der Waals surface area contributed by atoms with Crippen molar-refractivity contribution in [1.82, 2.24) is 9.88 Å². The molecule has 0 radical (unpaired) electrons. The number of aromatic nitrogens is 1. The molecule has 1 aliphatic carbocycles. The van der Waals surface area contributed by atoms with E-state index in [-0.39, 0.29) is 6.73 Å². The molecule has 0 bridgehead atoms. The highest BCUT2D eigenvalue weighted by Crippen LogP contribution is 2.30. The van der Waals surface area contributed by atoms with Crippen molar-refractivity contribution in [2.45, 2.75) is 51.6 Å². The minimum absolute atomic E-state index is 0.0486. The third-order valence-electron chi connectivity index (χ3n) is 3.46. The number of rotatable bonds is 6. The van der Waals surface area contributed by atoms with E-state index >= 15 is 0 Å². The largest absolute Gasteiger partial charge is 0.411 e. The van der Waals surface area contributed by atoms with Crippen molar-refractivity contribution in [3.05, 3.63) is 23.5 Å². The van der Waals surface area contributed by atoms with E-state index in [9.17, 15) is 13.2 Å². The molecule has 1 aromatic heterocycles. The van der Waals surface area contributed by atoms with Gasteiger partial charge in [-0.05, 0) is 43.4 Å². The highest BCUT2D eigenvalue weighted by Gasteiger charge is 2.27. The van der Waals surface area contributed by atoms with E-state index in [0.717, 1.165) is 32.2 Å². The van der Waals surface area contributed by atoms with Gasteiger partial charge in [-0.15, -0.1) is 0 Å². The lowest BCUT2D eigenvalue weighted by atomic mass is 9.91. The predicted octanol–water partition coefficient (Wildman–Crippen LogP) is 3.40. The third-order valence-corrected chi connectivity index (χ3v) is 3.46. The zero-order valence-corrected chi connectivity index (χ0v) is 11.7. The van der Waals surface area contributed by atoms with Crippen LogP contribution in [0.3, 0.4) is 0 Å². The molecule has 0 aliphatic heterocycles. The maximum atomic E-state index is 12.0. The van der Waals surface area contributed by atoms with Crippen molar-refractivity contribution in [3.63, 3.8) is 0 Å². The molecule has 20 heavy (non-hydrogen) atoms. The van der Waals surface area contributed by atoms with Gasteiger partial charge in [-0.25, -0.2) is 0 Å². The molecule has 1 aromatic rings. The highest BCUT2D eigenvalue weighted by molar-refractivity contribution is 5.30. The fourth-order valence-corrected chi connectivity index (χ4v) is 2.62. The third kappa shape index (κ3) is 4.24. The van der Waals surface area contributed by atoms with Gasteiger partial charge >= 0.3 is 6.18 Å². The zero-order valence-electron chi connectivity index (χ0n) is 11.7. The van der Waals surface area contributed by atoms with Crippen LogP contribution in [-0.4, -0.2) is 23.9 Å². The van der Waals surface area contributed by atoms with Crippen LogP contribution in [0.25, 0.3) is 0 Å². The number of aryl methyl sites for hydroxylation is 1. The van der Waals surface area contributed by atoms with Gasteiger partial charge < -0.3 is 14.6 Å². The van der Waals surface area contributed by atoms with Crippen molar-refractivity contribution < 1.29 is 17.9 Å². The van der Waals surface area contributed by atoms with Crippen LogP contribution < -0.4 is 5.32 Å². The van der Waals surface area contributed by atoms with E-state index in [4.69, 9.17) is 4.74 Å². The number of nitrogens with zero attached hydrogens (tertiary/aromatic N) is 1. The van der Waals surface area contributed by atoms with Gasteiger partial charge in [0.05, 0.1) is 0 Å². The fraction of sp³-hybridized carbons (Fsp3) is 0.714. The van der Waals surface area contributed by atoms with Crippen LogP contribution in [0.4, 0.5) is 13.2 Å². The molecule has 1 unspecified atom stereocenters.